The van der Waals surface area contributed by atoms with E-state index < -0.39 is 0 Å². The van der Waals surface area contributed by atoms with Crippen molar-refractivity contribution in [3.8, 4) is 0 Å². The smallest absolute Gasteiger partial charge is 0.261 e. The van der Waals surface area contributed by atoms with Gasteiger partial charge in [-0.2, -0.15) is 0 Å². The zero-order valence-corrected chi connectivity index (χ0v) is 12.0. The van der Waals surface area contributed by atoms with Crippen LogP contribution >= 0.6 is 0 Å². The summed E-state index contributed by atoms with van der Waals surface area (Å²) < 4.78 is 0. The highest BCUT2D eigenvalue weighted by Crippen LogP contribution is 2.26. The van der Waals surface area contributed by atoms with Crippen molar-refractivity contribution < 1.29 is 9.59 Å². The Morgan fingerprint density at radius 2 is 1.59 bits per heavy atom. The van der Waals surface area contributed by atoms with Crippen molar-refractivity contribution in [3.63, 3.8) is 0 Å². The lowest BCUT2D eigenvalue weighted by atomic mass is 9.93. The number of amides is 2. The van der Waals surface area contributed by atoms with Crippen LogP contribution in [0.25, 0.3) is 5.57 Å². The van der Waals surface area contributed by atoms with E-state index in [1.807, 2.05) is 48.5 Å². The second-order valence-corrected chi connectivity index (χ2v) is 5.05. The summed E-state index contributed by atoms with van der Waals surface area (Å²) in [5.41, 5.74) is 2.57. The molecule has 1 aliphatic heterocycles. The average molecular weight is 292 g/mol. The molecule has 0 unspecified atom stereocenters. The molecule has 4 nitrogen and oxygen atoms in total. The molecule has 0 radical (unpaired) electrons. The Labute approximate surface area is 128 Å². The molecule has 0 saturated heterocycles. The maximum atomic E-state index is 12.5. The van der Waals surface area contributed by atoms with E-state index in [0.29, 0.717) is 18.7 Å². The first kappa shape index (κ1) is 14.1. The van der Waals surface area contributed by atoms with E-state index in [-0.39, 0.29) is 17.4 Å². The third kappa shape index (κ3) is 2.91. The Bertz CT molecular complexity index is 721. The number of hydrogen-bond donors (Lipinski definition) is 2. The standard InChI is InChI=1S/C18H16N2O2/c21-17-16(18(22)20-14-9-5-2-6-10-14)15(11-12-19-17)13-7-3-1-4-8-13/h1-10H,11-12H2,(H,19,21)(H,20,22). The maximum Gasteiger partial charge on any atom is 0.261 e. The van der Waals surface area contributed by atoms with E-state index in [9.17, 15) is 9.59 Å². The van der Waals surface area contributed by atoms with E-state index >= 15 is 0 Å². The van der Waals surface area contributed by atoms with Crippen molar-refractivity contribution in [1.82, 2.24) is 5.32 Å². The molecule has 0 atom stereocenters. The number of carbonyl (C=O) groups excluding carboxylic acids is 2. The van der Waals surface area contributed by atoms with Gasteiger partial charge >= 0.3 is 0 Å². The molecular formula is C18H16N2O2. The highest BCUT2D eigenvalue weighted by atomic mass is 16.2. The van der Waals surface area contributed by atoms with Crippen LogP contribution in [0.5, 0.6) is 0 Å². The minimum Gasteiger partial charge on any atom is -0.352 e. The molecule has 0 spiro atoms. The Morgan fingerprint density at radius 3 is 2.27 bits per heavy atom. The predicted octanol–water partition coefficient (Wildman–Crippen LogP) is 2.60. The summed E-state index contributed by atoms with van der Waals surface area (Å²) in [7, 11) is 0. The van der Waals surface area contributed by atoms with Crippen molar-refractivity contribution in [2.24, 2.45) is 0 Å². The van der Waals surface area contributed by atoms with Crippen LogP contribution in [0, 0.1) is 0 Å². The summed E-state index contributed by atoms with van der Waals surface area (Å²) in [6.45, 7) is 0.547. The summed E-state index contributed by atoms with van der Waals surface area (Å²) in [4.78, 5) is 24.7. The topological polar surface area (TPSA) is 58.2 Å². The van der Waals surface area contributed by atoms with Crippen molar-refractivity contribution in [2.45, 2.75) is 6.42 Å². The summed E-state index contributed by atoms with van der Waals surface area (Å²) >= 11 is 0. The molecule has 0 aliphatic carbocycles. The van der Waals surface area contributed by atoms with E-state index in [1.54, 1.807) is 12.1 Å². The van der Waals surface area contributed by atoms with Crippen LogP contribution in [-0.4, -0.2) is 18.4 Å². The third-order valence-corrected chi connectivity index (χ3v) is 3.57. The lowest BCUT2D eigenvalue weighted by Gasteiger charge is -2.20. The summed E-state index contributed by atoms with van der Waals surface area (Å²) in [5, 5.41) is 5.53. The number of hydrogen-bond acceptors (Lipinski definition) is 2. The molecule has 22 heavy (non-hydrogen) atoms. The van der Waals surface area contributed by atoms with Gasteiger partial charge in [-0.3, -0.25) is 9.59 Å². The molecule has 1 aliphatic rings. The van der Waals surface area contributed by atoms with E-state index in [1.165, 1.54) is 0 Å². The summed E-state index contributed by atoms with van der Waals surface area (Å²) in [6, 6.07) is 18.7. The van der Waals surface area contributed by atoms with Crippen molar-refractivity contribution in [1.29, 1.82) is 0 Å². The Kier molecular flexibility index (Phi) is 4.01. The molecule has 3 rings (SSSR count). The van der Waals surface area contributed by atoms with Gasteiger partial charge in [-0.05, 0) is 29.7 Å². The third-order valence-electron chi connectivity index (χ3n) is 3.57. The molecule has 1 heterocycles. The number of nitrogens with one attached hydrogen (secondary N) is 2. The fourth-order valence-corrected chi connectivity index (χ4v) is 2.53. The zero-order valence-electron chi connectivity index (χ0n) is 12.0. The first-order chi connectivity index (χ1) is 10.8. The monoisotopic (exact) mass is 292 g/mol. The van der Waals surface area contributed by atoms with Crippen LogP contribution in [0.4, 0.5) is 5.69 Å². The molecule has 2 amide bonds. The van der Waals surface area contributed by atoms with Crippen LogP contribution < -0.4 is 10.6 Å². The SMILES string of the molecule is O=C1NCCC(c2ccccc2)=C1C(=O)Nc1ccccc1. The fraction of sp³-hybridized carbons (Fsp3) is 0.111. The lowest BCUT2D eigenvalue weighted by molar-refractivity contribution is -0.121. The van der Waals surface area contributed by atoms with Crippen molar-refractivity contribution in [3.05, 3.63) is 71.8 Å². The summed E-state index contributed by atoms with van der Waals surface area (Å²) in [6.07, 6.45) is 0.646. The fourth-order valence-electron chi connectivity index (χ4n) is 2.53. The van der Waals surface area contributed by atoms with Crippen LogP contribution in [0.15, 0.2) is 66.2 Å². The van der Waals surface area contributed by atoms with Crippen molar-refractivity contribution in [2.75, 3.05) is 11.9 Å². The first-order valence-electron chi connectivity index (χ1n) is 7.19. The number of anilines is 1. The summed E-state index contributed by atoms with van der Waals surface area (Å²) in [5.74, 6) is -0.694. The largest absolute Gasteiger partial charge is 0.352 e. The van der Waals surface area contributed by atoms with Crippen LogP contribution in [0.3, 0.4) is 0 Å². The molecule has 2 aromatic carbocycles. The molecule has 0 bridgehead atoms. The Morgan fingerprint density at radius 1 is 0.955 bits per heavy atom. The molecular weight excluding hydrogens is 276 g/mol. The molecule has 110 valence electrons. The van der Waals surface area contributed by atoms with Gasteiger partial charge in [-0.15, -0.1) is 0 Å². The van der Waals surface area contributed by atoms with Gasteiger partial charge in [0.2, 0.25) is 0 Å². The second-order valence-electron chi connectivity index (χ2n) is 5.05. The molecule has 0 fully saturated rings. The minimum absolute atomic E-state index is 0.196. The first-order valence-corrected chi connectivity index (χ1v) is 7.19. The van der Waals surface area contributed by atoms with E-state index in [4.69, 9.17) is 0 Å². The van der Waals surface area contributed by atoms with Crippen LogP contribution in [-0.2, 0) is 9.59 Å². The van der Waals surface area contributed by atoms with Gasteiger partial charge in [0.15, 0.2) is 0 Å². The molecule has 0 aromatic heterocycles. The quantitative estimate of drug-likeness (QED) is 0.854. The zero-order chi connectivity index (χ0) is 15.4. The van der Waals surface area contributed by atoms with Crippen LogP contribution in [0.2, 0.25) is 0 Å². The number of benzene rings is 2. The van der Waals surface area contributed by atoms with E-state index in [2.05, 4.69) is 10.6 Å². The molecule has 2 aromatic rings. The molecule has 2 N–H and O–H groups in total. The maximum absolute atomic E-state index is 12.5. The number of carbonyl (C=O) groups is 2. The van der Waals surface area contributed by atoms with Gasteiger partial charge in [-0.25, -0.2) is 0 Å². The van der Waals surface area contributed by atoms with Crippen molar-refractivity contribution >= 4 is 23.1 Å². The highest BCUT2D eigenvalue weighted by Gasteiger charge is 2.27. The average Bonchev–Trinajstić information content (AvgIpc) is 2.56. The number of para-hydroxylation sites is 1. The van der Waals surface area contributed by atoms with Gasteiger partial charge in [-0.1, -0.05) is 48.5 Å². The Balaban J connectivity index is 1.97. The van der Waals surface area contributed by atoms with Gasteiger partial charge in [0.1, 0.15) is 5.57 Å². The Hall–Kier alpha value is -2.88. The lowest BCUT2D eigenvalue weighted by Crippen LogP contribution is -2.36. The van der Waals surface area contributed by atoms with Gasteiger partial charge in [0.05, 0.1) is 0 Å². The minimum atomic E-state index is -0.373. The van der Waals surface area contributed by atoms with Gasteiger partial charge < -0.3 is 10.6 Å². The second kappa shape index (κ2) is 6.26. The predicted molar refractivity (Wildman–Crippen MR) is 86.1 cm³/mol. The van der Waals surface area contributed by atoms with Gasteiger partial charge in [0, 0.05) is 12.2 Å². The van der Waals surface area contributed by atoms with Gasteiger partial charge in [0.25, 0.3) is 11.8 Å². The molecule has 4 heteroatoms. The van der Waals surface area contributed by atoms with E-state index in [0.717, 1.165) is 11.1 Å². The number of rotatable bonds is 3. The normalized spacial score (nSPS) is 14.5. The highest BCUT2D eigenvalue weighted by molar-refractivity contribution is 6.28. The molecule has 0 saturated carbocycles. The van der Waals surface area contributed by atoms with Crippen LogP contribution in [0.1, 0.15) is 12.0 Å².